The number of benzene rings is 1. The fourth-order valence-corrected chi connectivity index (χ4v) is 3.59. The standard InChI is InChI=1S/C21H22N4O3S/c26-18(10-11-19-24-20(25-28-19)17-7-4-12-29-17)23-16(21(27)22-15-8-9-15)13-14-5-2-1-3-6-14/h1-7,12,15-16H,8-11,13H2,(H,22,27)(H,23,26). The molecule has 0 aliphatic heterocycles. The van der Waals surface area contributed by atoms with Gasteiger partial charge in [-0.25, -0.2) is 0 Å². The van der Waals surface area contributed by atoms with Crippen LogP contribution in [-0.2, 0) is 22.4 Å². The first-order valence-corrected chi connectivity index (χ1v) is 10.6. The van der Waals surface area contributed by atoms with Crippen molar-refractivity contribution in [3.8, 4) is 10.7 Å². The van der Waals surface area contributed by atoms with Crippen LogP contribution in [0.2, 0.25) is 0 Å². The average molecular weight is 410 g/mol. The summed E-state index contributed by atoms with van der Waals surface area (Å²) in [6, 6.07) is 13.2. The van der Waals surface area contributed by atoms with Crippen molar-refractivity contribution in [2.75, 3.05) is 0 Å². The Kier molecular flexibility index (Phi) is 6.00. The Morgan fingerprint density at radius 3 is 2.72 bits per heavy atom. The van der Waals surface area contributed by atoms with E-state index in [-0.39, 0.29) is 24.3 Å². The van der Waals surface area contributed by atoms with Crippen LogP contribution in [0.3, 0.4) is 0 Å². The van der Waals surface area contributed by atoms with E-state index in [0.29, 0.717) is 24.6 Å². The molecule has 1 aliphatic carbocycles. The Bertz CT molecular complexity index is 951. The lowest BCUT2D eigenvalue weighted by Gasteiger charge is -2.18. The van der Waals surface area contributed by atoms with Crippen molar-refractivity contribution in [1.29, 1.82) is 0 Å². The van der Waals surface area contributed by atoms with Gasteiger partial charge in [0, 0.05) is 25.3 Å². The Morgan fingerprint density at radius 1 is 1.17 bits per heavy atom. The second kappa shape index (κ2) is 9.00. The van der Waals surface area contributed by atoms with Crippen LogP contribution in [0, 0.1) is 0 Å². The van der Waals surface area contributed by atoms with Gasteiger partial charge in [0.1, 0.15) is 6.04 Å². The predicted octanol–water partition coefficient (Wildman–Crippen LogP) is 2.74. The number of aromatic nitrogens is 2. The zero-order chi connectivity index (χ0) is 20.1. The molecule has 3 aromatic rings. The van der Waals surface area contributed by atoms with Crippen LogP contribution in [-0.4, -0.2) is 34.0 Å². The molecule has 29 heavy (non-hydrogen) atoms. The van der Waals surface area contributed by atoms with Gasteiger partial charge < -0.3 is 15.2 Å². The molecule has 1 fully saturated rings. The molecule has 4 rings (SSSR count). The van der Waals surface area contributed by atoms with Crippen molar-refractivity contribution in [1.82, 2.24) is 20.8 Å². The molecular formula is C21H22N4O3S. The molecule has 150 valence electrons. The monoisotopic (exact) mass is 410 g/mol. The van der Waals surface area contributed by atoms with Gasteiger partial charge in [-0.2, -0.15) is 4.98 Å². The molecule has 7 nitrogen and oxygen atoms in total. The molecule has 0 saturated heterocycles. The fourth-order valence-electron chi connectivity index (χ4n) is 2.94. The molecule has 1 aliphatic rings. The highest BCUT2D eigenvalue weighted by atomic mass is 32.1. The van der Waals surface area contributed by atoms with Crippen molar-refractivity contribution < 1.29 is 14.1 Å². The van der Waals surface area contributed by atoms with E-state index >= 15 is 0 Å². The summed E-state index contributed by atoms with van der Waals surface area (Å²) >= 11 is 1.53. The van der Waals surface area contributed by atoms with Gasteiger partial charge in [-0.1, -0.05) is 41.6 Å². The maximum Gasteiger partial charge on any atom is 0.243 e. The third-order valence-corrected chi connectivity index (χ3v) is 5.50. The summed E-state index contributed by atoms with van der Waals surface area (Å²) in [7, 11) is 0. The van der Waals surface area contributed by atoms with E-state index in [9.17, 15) is 9.59 Å². The average Bonchev–Trinajstić information content (AvgIpc) is 3.20. The third kappa shape index (κ3) is 5.51. The summed E-state index contributed by atoms with van der Waals surface area (Å²) in [6.45, 7) is 0. The largest absolute Gasteiger partial charge is 0.352 e. The zero-order valence-electron chi connectivity index (χ0n) is 15.8. The molecule has 1 saturated carbocycles. The van der Waals surface area contributed by atoms with E-state index in [0.717, 1.165) is 23.3 Å². The van der Waals surface area contributed by atoms with Crippen molar-refractivity contribution in [2.24, 2.45) is 0 Å². The van der Waals surface area contributed by atoms with Gasteiger partial charge in [0.05, 0.1) is 4.88 Å². The van der Waals surface area contributed by atoms with Crippen LogP contribution in [0.4, 0.5) is 0 Å². The molecule has 2 amide bonds. The van der Waals surface area contributed by atoms with Crippen molar-refractivity contribution in [3.63, 3.8) is 0 Å². The number of amides is 2. The van der Waals surface area contributed by atoms with Gasteiger partial charge in [-0.15, -0.1) is 11.3 Å². The minimum Gasteiger partial charge on any atom is -0.352 e. The number of carbonyl (C=O) groups is 2. The van der Waals surface area contributed by atoms with Gasteiger partial charge in [0.25, 0.3) is 0 Å². The Morgan fingerprint density at radius 2 is 2.00 bits per heavy atom. The number of hydrogen-bond donors (Lipinski definition) is 2. The number of rotatable bonds is 9. The summed E-state index contributed by atoms with van der Waals surface area (Å²) in [5.74, 6) is 0.585. The second-order valence-electron chi connectivity index (χ2n) is 7.08. The molecule has 2 heterocycles. The smallest absolute Gasteiger partial charge is 0.243 e. The number of hydrogen-bond acceptors (Lipinski definition) is 6. The predicted molar refractivity (Wildman–Crippen MR) is 109 cm³/mol. The fraction of sp³-hybridized carbons (Fsp3) is 0.333. The third-order valence-electron chi connectivity index (χ3n) is 4.63. The number of thiophene rings is 1. The van der Waals surface area contributed by atoms with E-state index in [1.165, 1.54) is 11.3 Å². The molecule has 1 unspecified atom stereocenters. The van der Waals surface area contributed by atoms with E-state index in [1.54, 1.807) is 0 Å². The lowest BCUT2D eigenvalue weighted by atomic mass is 10.0. The number of nitrogens with zero attached hydrogens (tertiary/aromatic N) is 2. The van der Waals surface area contributed by atoms with Crippen molar-refractivity contribution in [2.45, 2.75) is 44.2 Å². The highest BCUT2D eigenvalue weighted by Crippen LogP contribution is 2.21. The Hall–Kier alpha value is -3.00. The van der Waals surface area contributed by atoms with Gasteiger partial charge in [0.2, 0.25) is 23.5 Å². The first kappa shape index (κ1) is 19.3. The highest BCUT2D eigenvalue weighted by molar-refractivity contribution is 7.13. The van der Waals surface area contributed by atoms with Crippen LogP contribution >= 0.6 is 11.3 Å². The van der Waals surface area contributed by atoms with E-state index in [1.807, 2.05) is 47.8 Å². The van der Waals surface area contributed by atoms with Gasteiger partial charge >= 0.3 is 0 Å². The highest BCUT2D eigenvalue weighted by Gasteiger charge is 2.28. The van der Waals surface area contributed by atoms with Crippen molar-refractivity contribution >= 4 is 23.2 Å². The summed E-state index contributed by atoms with van der Waals surface area (Å²) in [4.78, 5) is 30.3. The van der Waals surface area contributed by atoms with Gasteiger partial charge in [-0.3, -0.25) is 9.59 Å². The number of nitrogens with one attached hydrogen (secondary N) is 2. The molecule has 2 N–H and O–H groups in total. The minimum atomic E-state index is -0.602. The lowest BCUT2D eigenvalue weighted by molar-refractivity contribution is -0.129. The van der Waals surface area contributed by atoms with Crippen LogP contribution in [0.25, 0.3) is 10.7 Å². The molecule has 0 radical (unpaired) electrons. The van der Waals surface area contributed by atoms with Crippen LogP contribution in [0.5, 0.6) is 0 Å². The van der Waals surface area contributed by atoms with E-state index in [4.69, 9.17) is 4.52 Å². The first-order chi connectivity index (χ1) is 14.2. The summed E-state index contributed by atoms with van der Waals surface area (Å²) in [6.07, 6.45) is 2.96. The van der Waals surface area contributed by atoms with Crippen LogP contribution in [0.15, 0.2) is 52.4 Å². The Labute approximate surface area is 172 Å². The normalized spacial score (nSPS) is 14.3. The summed E-state index contributed by atoms with van der Waals surface area (Å²) in [5, 5.41) is 11.7. The zero-order valence-corrected chi connectivity index (χ0v) is 16.7. The van der Waals surface area contributed by atoms with Gasteiger partial charge in [0.15, 0.2) is 0 Å². The summed E-state index contributed by atoms with van der Waals surface area (Å²) < 4.78 is 5.23. The van der Waals surface area contributed by atoms with Crippen LogP contribution < -0.4 is 10.6 Å². The maximum atomic E-state index is 12.6. The summed E-state index contributed by atoms with van der Waals surface area (Å²) in [5.41, 5.74) is 1.00. The van der Waals surface area contributed by atoms with E-state index in [2.05, 4.69) is 20.8 Å². The quantitative estimate of drug-likeness (QED) is 0.565. The molecule has 8 heteroatoms. The molecular weight excluding hydrogens is 388 g/mol. The maximum absolute atomic E-state index is 12.6. The molecule has 2 aromatic heterocycles. The molecule has 0 spiro atoms. The topological polar surface area (TPSA) is 97.1 Å². The number of aryl methyl sites for hydroxylation is 1. The van der Waals surface area contributed by atoms with Crippen LogP contribution in [0.1, 0.15) is 30.7 Å². The molecule has 1 aromatic carbocycles. The second-order valence-corrected chi connectivity index (χ2v) is 8.03. The molecule has 1 atom stereocenters. The van der Waals surface area contributed by atoms with Gasteiger partial charge in [-0.05, 0) is 29.9 Å². The lowest BCUT2D eigenvalue weighted by Crippen LogP contribution is -2.48. The molecule has 0 bridgehead atoms. The minimum absolute atomic E-state index is 0.137. The Balaban J connectivity index is 1.33. The number of carbonyl (C=O) groups excluding carboxylic acids is 2. The first-order valence-electron chi connectivity index (χ1n) is 9.67. The van der Waals surface area contributed by atoms with E-state index < -0.39 is 6.04 Å². The SMILES string of the molecule is O=C(CCc1nc(-c2cccs2)no1)NC(Cc1ccccc1)C(=O)NC1CC1. The van der Waals surface area contributed by atoms with Crippen molar-refractivity contribution in [3.05, 3.63) is 59.3 Å².